The molecular weight excluding hydrogens is 138 g/mol. The van der Waals surface area contributed by atoms with Crippen molar-refractivity contribution in [2.75, 3.05) is 13.1 Å². The van der Waals surface area contributed by atoms with Crippen LogP contribution in [-0.4, -0.2) is 23.9 Å². The zero-order valence-electron chi connectivity index (χ0n) is 7.98. The van der Waals surface area contributed by atoms with Crippen LogP contribution in [0.1, 0.15) is 34.1 Å². The average molecular weight is 156 g/mol. The Morgan fingerprint density at radius 3 is 1.91 bits per heavy atom. The van der Waals surface area contributed by atoms with Crippen molar-refractivity contribution in [1.82, 2.24) is 4.90 Å². The molecule has 0 unspecified atom stereocenters. The first-order valence-electron chi connectivity index (χ1n) is 4.18. The van der Waals surface area contributed by atoms with E-state index in [9.17, 15) is 4.79 Å². The monoisotopic (exact) mass is 156 g/mol. The molecule has 0 aromatic rings. The maximum Gasteiger partial charge on any atom is 0.223 e. The van der Waals surface area contributed by atoms with E-state index in [4.69, 9.17) is 0 Å². The maximum absolute atomic E-state index is 11.3. The van der Waals surface area contributed by atoms with Crippen molar-refractivity contribution in [2.24, 2.45) is 0 Å². The van der Waals surface area contributed by atoms with Crippen LogP contribution in [0.4, 0.5) is 0 Å². The van der Waals surface area contributed by atoms with Gasteiger partial charge in [0.25, 0.3) is 0 Å². The van der Waals surface area contributed by atoms with Crippen molar-refractivity contribution in [1.29, 1.82) is 0 Å². The van der Waals surface area contributed by atoms with E-state index in [2.05, 4.69) is 0 Å². The average Bonchev–Trinajstić information content (AvgIpc) is 1.88. The lowest BCUT2D eigenvalue weighted by molar-refractivity contribution is -0.130. The molecule has 0 fully saturated rings. The molecule has 2 nitrogen and oxygen atoms in total. The molecule has 0 aliphatic heterocycles. The zero-order valence-corrected chi connectivity index (χ0v) is 7.98. The number of rotatable bonds is 4. The maximum atomic E-state index is 11.3. The molecular formula is C9H18NO. The lowest BCUT2D eigenvalue weighted by atomic mass is 10.1. The molecule has 0 aliphatic carbocycles. The van der Waals surface area contributed by atoms with Gasteiger partial charge in [-0.15, -0.1) is 0 Å². The molecule has 11 heavy (non-hydrogen) atoms. The van der Waals surface area contributed by atoms with Crippen LogP contribution in [0.3, 0.4) is 0 Å². The van der Waals surface area contributed by atoms with E-state index in [-0.39, 0.29) is 5.91 Å². The molecule has 2 heteroatoms. The van der Waals surface area contributed by atoms with Crippen molar-refractivity contribution in [3.63, 3.8) is 0 Å². The van der Waals surface area contributed by atoms with E-state index in [0.29, 0.717) is 6.42 Å². The predicted molar refractivity (Wildman–Crippen MR) is 47.1 cm³/mol. The summed E-state index contributed by atoms with van der Waals surface area (Å²) in [7, 11) is 0. The first kappa shape index (κ1) is 10.5. The first-order valence-corrected chi connectivity index (χ1v) is 4.18. The standard InChI is InChI=1S/C9H18NO/c1-5-10(6-2)9(11)7-8(3)4/h5-7H2,1-4H3. The Labute approximate surface area is 69.6 Å². The first-order chi connectivity index (χ1) is 5.11. The lowest BCUT2D eigenvalue weighted by Crippen LogP contribution is -2.30. The van der Waals surface area contributed by atoms with Crippen LogP contribution < -0.4 is 0 Å². The van der Waals surface area contributed by atoms with Gasteiger partial charge in [0.15, 0.2) is 0 Å². The van der Waals surface area contributed by atoms with Crippen molar-refractivity contribution in [2.45, 2.75) is 34.1 Å². The molecule has 0 aliphatic rings. The number of amides is 1. The van der Waals surface area contributed by atoms with Crippen molar-refractivity contribution in [3.8, 4) is 0 Å². The van der Waals surface area contributed by atoms with Crippen LogP contribution in [0.25, 0.3) is 0 Å². The summed E-state index contributed by atoms with van der Waals surface area (Å²) in [6, 6.07) is 0. The van der Waals surface area contributed by atoms with Crippen molar-refractivity contribution >= 4 is 5.91 Å². The summed E-state index contributed by atoms with van der Waals surface area (Å²) in [5.74, 6) is 1.43. The third-order valence-corrected chi connectivity index (χ3v) is 1.62. The van der Waals surface area contributed by atoms with Crippen LogP contribution in [0, 0.1) is 5.92 Å². The Hall–Kier alpha value is -0.530. The number of hydrogen-bond donors (Lipinski definition) is 0. The van der Waals surface area contributed by atoms with E-state index < -0.39 is 0 Å². The fourth-order valence-electron chi connectivity index (χ4n) is 0.991. The number of carbonyl (C=O) groups is 1. The molecule has 0 atom stereocenters. The van der Waals surface area contributed by atoms with Crippen LogP contribution in [0.5, 0.6) is 0 Å². The molecule has 0 aromatic carbocycles. The van der Waals surface area contributed by atoms with E-state index in [0.717, 1.165) is 13.1 Å². The van der Waals surface area contributed by atoms with Crippen molar-refractivity contribution in [3.05, 3.63) is 5.92 Å². The quantitative estimate of drug-likeness (QED) is 0.608. The highest BCUT2D eigenvalue weighted by molar-refractivity contribution is 5.77. The topological polar surface area (TPSA) is 20.3 Å². The molecule has 0 spiro atoms. The number of nitrogens with zero attached hydrogens (tertiary/aromatic N) is 1. The van der Waals surface area contributed by atoms with Gasteiger partial charge in [-0.25, -0.2) is 0 Å². The Kier molecular flexibility index (Phi) is 4.92. The van der Waals surface area contributed by atoms with Gasteiger partial charge < -0.3 is 4.90 Å². The van der Waals surface area contributed by atoms with E-state index in [1.165, 1.54) is 5.92 Å². The second-order valence-corrected chi connectivity index (χ2v) is 2.95. The predicted octanol–water partition coefficient (Wildman–Crippen LogP) is 1.86. The third kappa shape index (κ3) is 4.02. The highest BCUT2D eigenvalue weighted by atomic mass is 16.2. The molecule has 0 bridgehead atoms. The summed E-state index contributed by atoms with van der Waals surface area (Å²) in [4.78, 5) is 13.2. The van der Waals surface area contributed by atoms with E-state index in [1.54, 1.807) is 0 Å². The van der Waals surface area contributed by atoms with Gasteiger partial charge in [0.2, 0.25) is 5.91 Å². The molecule has 0 saturated carbocycles. The third-order valence-electron chi connectivity index (χ3n) is 1.62. The fraction of sp³-hybridized carbons (Fsp3) is 0.778. The van der Waals surface area contributed by atoms with Gasteiger partial charge in [0.1, 0.15) is 0 Å². The Bertz CT molecular complexity index is 117. The molecule has 0 saturated heterocycles. The zero-order chi connectivity index (χ0) is 8.85. The van der Waals surface area contributed by atoms with Gasteiger partial charge in [0.05, 0.1) is 0 Å². The van der Waals surface area contributed by atoms with Gasteiger partial charge in [-0.3, -0.25) is 4.79 Å². The summed E-state index contributed by atoms with van der Waals surface area (Å²) in [6.07, 6.45) is 0.599. The molecule has 65 valence electrons. The molecule has 0 heterocycles. The summed E-state index contributed by atoms with van der Waals surface area (Å²) >= 11 is 0. The van der Waals surface area contributed by atoms with Crippen molar-refractivity contribution < 1.29 is 4.79 Å². The minimum Gasteiger partial charge on any atom is -0.343 e. The van der Waals surface area contributed by atoms with Gasteiger partial charge in [-0.1, -0.05) is 13.8 Å². The van der Waals surface area contributed by atoms with Gasteiger partial charge in [-0.2, -0.15) is 0 Å². The summed E-state index contributed by atoms with van der Waals surface area (Å²) in [5.41, 5.74) is 0. The number of carbonyl (C=O) groups excluding carboxylic acids is 1. The van der Waals surface area contributed by atoms with E-state index >= 15 is 0 Å². The van der Waals surface area contributed by atoms with Crippen LogP contribution in [0.2, 0.25) is 0 Å². The second kappa shape index (κ2) is 5.16. The van der Waals surface area contributed by atoms with Gasteiger partial charge >= 0.3 is 0 Å². The summed E-state index contributed by atoms with van der Waals surface area (Å²) in [6.45, 7) is 9.63. The highest BCUT2D eigenvalue weighted by Crippen LogP contribution is 2.05. The normalized spacial score (nSPS) is 10.3. The Morgan fingerprint density at radius 2 is 1.64 bits per heavy atom. The molecule has 0 aromatic heterocycles. The highest BCUT2D eigenvalue weighted by Gasteiger charge is 2.10. The molecule has 0 N–H and O–H groups in total. The SMILES string of the molecule is CCN(CC)C(=O)C[C](C)C. The van der Waals surface area contributed by atoms with Crippen LogP contribution in [0.15, 0.2) is 0 Å². The minimum absolute atomic E-state index is 0.245. The van der Waals surface area contributed by atoms with E-state index in [1.807, 2.05) is 32.6 Å². The number of hydrogen-bond acceptors (Lipinski definition) is 1. The largest absolute Gasteiger partial charge is 0.343 e. The molecule has 1 radical (unpaired) electrons. The Balaban J connectivity index is 3.79. The molecule has 1 amide bonds. The smallest absolute Gasteiger partial charge is 0.223 e. The van der Waals surface area contributed by atoms with Gasteiger partial charge in [-0.05, 0) is 19.8 Å². The van der Waals surface area contributed by atoms with Crippen LogP contribution in [-0.2, 0) is 4.79 Å². The minimum atomic E-state index is 0.245. The second-order valence-electron chi connectivity index (χ2n) is 2.95. The molecule has 0 rings (SSSR count). The lowest BCUT2D eigenvalue weighted by Gasteiger charge is -2.19. The summed E-state index contributed by atoms with van der Waals surface area (Å²) in [5, 5.41) is 0. The Morgan fingerprint density at radius 1 is 1.18 bits per heavy atom. The van der Waals surface area contributed by atoms with Crippen LogP contribution >= 0.6 is 0 Å². The van der Waals surface area contributed by atoms with Gasteiger partial charge in [0, 0.05) is 19.5 Å². The summed E-state index contributed by atoms with van der Waals surface area (Å²) < 4.78 is 0. The fourth-order valence-corrected chi connectivity index (χ4v) is 0.991.